The van der Waals surface area contributed by atoms with Crippen molar-refractivity contribution in [3.05, 3.63) is 59.9 Å². The molecule has 1 aromatic heterocycles. The summed E-state index contributed by atoms with van der Waals surface area (Å²) in [5.74, 6) is 0.0616. The summed E-state index contributed by atoms with van der Waals surface area (Å²) in [5.41, 5.74) is 1.56. The van der Waals surface area contributed by atoms with Crippen LogP contribution in [0.5, 0.6) is 0 Å². The average molecular weight is 323 g/mol. The molecule has 1 aliphatic heterocycles. The molecule has 1 aromatic carbocycles. The molecule has 0 spiro atoms. The topological polar surface area (TPSA) is 48.4 Å². The first-order valence-electron chi connectivity index (χ1n) is 8.17. The van der Waals surface area contributed by atoms with E-state index in [1.54, 1.807) is 6.20 Å². The van der Waals surface area contributed by atoms with Crippen molar-refractivity contribution in [2.75, 3.05) is 0 Å². The molecule has 0 unspecified atom stereocenters. The number of carbonyl (C=O) groups is 1. The van der Waals surface area contributed by atoms with Crippen molar-refractivity contribution >= 4 is 18.4 Å². The van der Waals surface area contributed by atoms with E-state index in [-0.39, 0.29) is 23.4 Å². The van der Waals surface area contributed by atoms with E-state index in [0.717, 1.165) is 11.2 Å². The van der Waals surface area contributed by atoms with Gasteiger partial charge < -0.3 is 9.31 Å². The standard InChI is InChI=1S/C19H22BNO3/c1-18(2)19(3,4)24-20(23-18)15-10-11-16(21-13-15)12-17(22)14-8-6-5-7-9-14/h5-11,13H,12H2,1-4H3. The average Bonchev–Trinajstić information content (AvgIpc) is 2.77. The first kappa shape index (κ1) is 16.9. The maximum Gasteiger partial charge on any atom is 0.496 e. The van der Waals surface area contributed by atoms with Gasteiger partial charge in [0.2, 0.25) is 0 Å². The van der Waals surface area contributed by atoms with Gasteiger partial charge in [-0.2, -0.15) is 0 Å². The zero-order valence-electron chi connectivity index (χ0n) is 14.6. The van der Waals surface area contributed by atoms with E-state index < -0.39 is 7.12 Å². The first-order chi connectivity index (χ1) is 11.3. The molecule has 24 heavy (non-hydrogen) atoms. The molecule has 2 aromatic rings. The first-order valence-corrected chi connectivity index (χ1v) is 8.17. The van der Waals surface area contributed by atoms with E-state index >= 15 is 0 Å². The second-order valence-electron chi connectivity index (χ2n) is 7.14. The van der Waals surface area contributed by atoms with Crippen molar-refractivity contribution in [3.8, 4) is 0 Å². The summed E-state index contributed by atoms with van der Waals surface area (Å²) in [6, 6.07) is 13.0. The van der Waals surface area contributed by atoms with Gasteiger partial charge in [0, 0.05) is 22.9 Å². The van der Waals surface area contributed by atoms with Gasteiger partial charge in [0.1, 0.15) is 0 Å². The van der Waals surface area contributed by atoms with Crippen LogP contribution >= 0.6 is 0 Å². The van der Waals surface area contributed by atoms with Crippen LogP contribution in [-0.4, -0.2) is 29.1 Å². The Morgan fingerprint density at radius 2 is 1.62 bits per heavy atom. The van der Waals surface area contributed by atoms with Gasteiger partial charge in [-0.15, -0.1) is 0 Å². The van der Waals surface area contributed by atoms with Crippen LogP contribution in [0.25, 0.3) is 0 Å². The number of aromatic nitrogens is 1. The molecule has 3 rings (SSSR count). The van der Waals surface area contributed by atoms with Crippen LogP contribution in [-0.2, 0) is 15.7 Å². The van der Waals surface area contributed by atoms with Crippen LogP contribution in [0.3, 0.4) is 0 Å². The van der Waals surface area contributed by atoms with E-state index in [1.165, 1.54) is 0 Å². The zero-order chi connectivity index (χ0) is 17.4. The number of hydrogen-bond acceptors (Lipinski definition) is 4. The number of nitrogens with zero attached hydrogens (tertiary/aromatic N) is 1. The molecule has 0 saturated carbocycles. The Morgan fingerprint density at radius 3 is 2.17 bits per heavy atom. The molecule has 0 aliphatic carbocycles. The number of hydrogen-bond donors (Lipinski definition) is 0. The van der Waals surface area contributed by atoms with Crippen molar-refractivity contribution in [2.45, 2.75) is 45.3 Å². The van der Waals surface area contributed by atoms with Gasteiger partial charge in [-0.05, 0) is 33.8 Å². The monoisotopic (exact) mass is 323 g/mol. The second kappa shape index (κ2) is 6.15. The van der Waals surface area contributed by atoms with Gasteiger partial charge in [0.25, 0.3) is 0 Å². The summed E-state index contributed by atoms with van der Waals surface area (Å²) < 4.78 is 12.0. The molecule has 124 valence electrons. The fourth-order valence-electron chi connectivity index (χ4n) is 2.55. The number of Topliss-reactive ketones (excluding diaryl/α,β-unsaturated/α-hetero) is 1. The fourth-order valence-corrected chi connectivity index (χ4v) is 2.55. The van der Waals surface area contributed by atoms with E-state index in [4.69, 9.17) is 9.31 Å². The number of pyridine rings is 1. The van der Waals surface area contributed by atoms with Crippen LogP contribution in [0.2, 0.25) is 0 Å². The van der Waals surface area contributed by atoms with Gasteiger partial charge >= 0.3 is 7.12 Å². The highest BCUT2D eigenvalue weighted by molar-refractivity contribution is 6.62. The lowest BCUT2D eigenvalue weighted by atomic mass is 9.80. The highest BCUT2D eigenvalue weighted by atomic mass is 16.7. The quantitative estimate of drug-likeness (QED) is 0.641. The highest BCUT2D eigenvalue weighted by Gasteiger charge is 2.51. The van der Waals surface area contributed by atoms with Crippen LogP contribution in [0.1, 0.15) is 43.7 Å². The molecule has 4 nitrogen and oxygen atoms in total. The SMILES string of the molecule is CC1(C)OB(c2ccc(CC(=O)c3ccccc3)nc2)OC1(C)C. The van der Waals surface area contributed by atoms with Crippen molar-refractivity contribution in [1.82, 2.24) is 4.98 Å². The molecule has 0 radical (unpaired) electrons. The number of benzene rings is 1. The number of rotatable bonds is 4. The highest BCUT2D eigenvalue weighted by Crippen LogP contribution is 2.36. The molecule has 0 bridgehead atoms. The summed E-state index contributed by atoms with van der Waals surface area (Å²) in [6.07, 6.45) is 2.02. The summed E-state index contributed by atoms with van der Waals surface area (Å²) in [6.45, 7) is 8.08. The molecular formula is C19H22BNO3. The fraction of sp³-hybridized carbons (Fsp3) is 0.368. The van der Waals surface area contributed by atoms with E-state index in [0.29, 0.717) is 5.56 Å². The normalized spacial score (nSPS) is 18.6. The Kier molecular flexibility index (Phi) is 4.32. The molecule has 1 fully saturated rings. The lowest BCUT2D eigenvalue weighted by molar-refractivity contribution is 0.00578. The van der Waals surface area contributed by atoms with Gasteiger partial charge in [-0.1, -0.05) is 36.4 Å². The largest absolute Gasteiger partial charge is 0.496 e. The number of carbonyl (C=O) groups excluding carboxylic acids is 1. The molecule has 0 N–H and O–H groups in total. The lowest BCUT2D eigenvalue weighted by Gasteiger charge is -2.32. The van der Waals surface area contributed by atoms with Crippen molar-refractivity contribution < 1.29 is 14.1 Å². The van der Waals surface area contributed by atoms with E-state index in [1.807, 2.05) is 70.2 Å². The molecule has 0 amide bonds. The molecule has 2 heterocycles. The molecule has 1 aliphatic rings. The Labute approximate surface area is 143 Å². The molecule has 5 heteroatoms. The number of ketones is 1. The van der Waals surface area contributed by atoms with E-state index in [9.17, 15) is 4.79 Å². The van der Waals surface area contributed by atoms with Crippen LogP contribution < -0.4 is 5.46 Å². The van der Waals surface area contributed by atoms with Crippen molar-refractivity contribution in [2.24, 2.45) is 0 Å². The lowest BCUT2D eigenvalue weighted by Crippen LogP contribution is -2.41. The summed E-state index contributed by atoms with van der Waals surface area (Å²) >= 11 is 0. The molecular weight excluding hydrogens is 301 g/mol. The van der Waals surface area contributed by atoms with Gasteiger partial charge in [0.15, 0.2) is 5.78 Å². The Bertz CT molecular complexity index is 710. The minimum absolute atomic E-state index is 0.0616. The van der Waals surface area contributed by atoms with Crippen LogP contribution in [0, 0.1) is 0 Å². The summed E-state index contributed by atoms with van der Waals surface area (Å²) in [7, 11) is -0.429. The van der Waals surface area contributed by atoms with Gasteiger partial charge in [-0.3, -0.25) is 9.78 Å². The van der Waals surface area contributed by atoms with Crippen LogP contribution in [0.4, 0.5) is 0 Å². The Balaban J connectivity index is 1.70. The van der Waals surface area contributed by atoms with Gasteiger partial charge in [0.05, 0.1) is 17.6 Å². The van der Waals surface area contributed by atoms with Gasteiger partial charge in [-0.25, -0.2) is 0 Å². The van der Waals surface area contributed by atoms with Crippen molar-refractivity contribution in [1.29, 1.82) is 0 Å². The maximum absolute atomic E-state index is 12.2. The molecule has 1 saturated heterocycles. The third-order valence-electron chi connectivity index (χ3n) is 4.81. The van der Waals surface area contributed by atoms with Crippen molar-refractivity contribution in [3.63, 3.8) is 0 Å². The third-order valence-corrected chi connectivity index (χ3v) is 4.81. The minimum atomic E-state index is -0.429. The Morgan fingerprint density at radius 1 is 1.00 bits per heavy atom. The predicted octanol–water partition coefficient (Wildman–Crippen LogP) is 2.81. The zero-order valence-corrected chi connectivity index (χ0v) is 14.6. The summed E-state index contributed by atoms with van der Waals surface area (Å²) in [4.78, 5) is 16.6. The second-order valence-corrected chi connectivity index (χ2v) is 7.14. The maximum atomic E-state index is 12.2. The minimum Gasteiger partial charge on any atom is -0.399 e. The molecule has 0 atom stereocenters. The summed E-state index contributed by atoms with van der Waals surface area (Å²) in [5, 5.41) is 0. The predicted molar refractivity (Wildman–Crippen MR) is 94.4 cm³/mol. The van der Waals surface area contributed by atoms with E-state index in [2.05, 4.69) is 4.98 Å². The van der Waals surface area contributed by atoms with Crippen LogP contribution in [0.15, 0.2) is 48.7 Å². The third kappa shape index (κ3) is 3.28. The smallest absolute Gasteiger partial charge is 0.399 e. The Hall–Kier alpha value is -1.98.